The Morgan fingerprint density at radius 2 is 2.05 bits per heavy atom. The van der Waals surface area contributed by atoms with Crippen molar-refractivity contribution in [2.45, 2.75) is 6.42 Å². The van der Waals surface area contributed by atoms with Gasteiger partial charge in [0.05, 0.1) is 10.5 Å². The standard InChI is InChI=1S/C17H16ClN3O/c1-21(10-7-12-5-8-19-9-6-12)17(22)15-11-13-3-2-4-14(18)16(13)20-15/h2-6,8-9,11,20H,7,10H2,1H3. The van der Waals surface area contributed by atoms with Crippen LogP contribution in [0.1, 0.15) is 16.1 Å². The van der Waals surface area contributed by atoms with Crippen LogP contribution in [-0.4, -0.2) is 34.4 Å². The molecule has 1 aromatic carbocycles. The number of halogens is 1. The Morgan fingerprint density at radius 1 is 1.27 bits per heavy atom. The number of benzene rings is 1. The molecule has 0 atom stereocenters. The summed E-state index contributed by atoms with van der Waals surface area (Å²) in [5.41, 5.74) is 2.52. The number of H-pyrrole nitrogens is 1. The first-order valence-electron chi connectivity index (χ1n) is 7.07. The van der Waals surface area contributed by atoms with E-state index in [2.05, 4.69) is 9.97 Å². The van der Waals surface area contributed by atoms with E-state index in [9.17, 15) is 4.79 Å². The molecule has 0 aliphatic carbocycles. The minimum atomic E-state index is -0.0404. The summed E-state index contributed by atoms with van der Waals surface area (Å²) in [6.07, 6.45) is 4.32. The van der Waals surface area contributed by atoms with Crippen molar-refractivity contribution in [1.82, 2.24) is 14.9 Å². The molecule has 2 aromatic heterocycles. The van der Waals surface area contributed by atoms with Crippen LogP contribution < -0.4 is 0 Å². The van der Waals surface area contributed by atoms with E-state index in [0.29, 0.717) is 17.3 Å². The molecule has 0 spiro atoms. The van der Waals surface area contributed by atoms with Crippen molar-refractivity contribution in [2.24, 2.45) is 0 Å². The minimum absolute atomic E-state index is 0.0404. The Hall–Kier alpha value is -2.33. The number of aromatic nitrogens is 2. The maximum atomic E-state index is 12.5. The van der Waals surface area contributed by atoms with Gasteiger partial charge in [-0.25, -0.2) is 0 Å². The van der Waals surface area contributed by atoms with Crippen molar-refractivity contribution in [3.8, 4) is 0 Å². The van der Waals surface area contributed by atoms with Crippen molar-refractivity contribution in [3.05, 3.63) is 65.1 Å². The van der Waals surface area contributed by atoms with Crippen molar-refractivity contribution >= 4 is 28.4 Å². The van der Waals surface area contributed by atoms with Crippen LogP contribution in [0.5, 0.6) is 0 Å². The van der Waals surface area contributed by atoms with Gasteiger partial charge in [0.1, 0.15) is 5.69 Å². The van der Waals surface area contributed by atoms with Crippen molar-refractivity contribution in [1.29, 1.82) is 0 Å². The van der Waals surface area contributed by atoms with E-state index in [1.807, 2.05) is 36.4 Å². The van der Waals surface area contributed by atoms with Gasteiger partial charge >= 0.3 is 0 Å². The Labute approximate surface area is 133 Å². The Kier molecular flexibility index (Phi) is 4.11. The molecule has 3 aromatic rings. The van der Waals surface area contributed by atoms with E-state index in [-0.39, 0.29) is 5.91 Å². The molecular weight excluding hydrogens is 298 g/mol. The third-order valence-corrected chi connectivity index (χ3v) is 3.98. The Balaban J connectivity index is 1.73. The fourth-order valence-electron chi connectivity index (χ4n) is 2.39. The number of nitrogens with zero attached hydrogens (tertiary/aromatic N) is 2. The molecule has 22 heavy (non-hydrogen) atoms. The van der Waals surface area contributed by atoms with Crippen molar-refractivity contribution < 1.29 is 4.79 Å². The molecule has 5 heteroatoms. The number of fused-ring (bicyclic) bond motifs is 1. The van der Waals surface area contributed by atoms with Crippen LogP contribution in [0.3, 0.4) is 0 Å². The number of nitrogens with one attached hydrogen (secondary N) is 1. The second-order valence-electron chi connectivity index (χ2n) is 5.22. The zero-order chi connectivity index (χ0) is 15.5. The number of carbonyl (C=O) groups excluding carboxylic acids is 1. The van der Waals surface area contributed by atoms with E-state index < -0.39 is 0 Å². The van der Waals surface area contributed by atoms with E-state index in [0.717, 1.165) is 22.9 Å². The fraction of sp³-hybridized carbons (Fsp3) is 0.176. The second kappa shape index (κ2) is 6.20. The number of pyridine rings is 1. The molecule has 4 nitrogen and oxygen atoms in total. The number of amides is 1. The smallest absolute Gasteiger partial charge is 0.270 e. The highest BCUT2D eigenvalue weighted by molar-refractivity contribution is 6.35. The third kappa shape index (κ3) is 2.97. The number of hydrogen-bond donors (Lipinski definition) is 1. The van der Waals surface area contributed by atoms with E-state index in [4.69, 9.17) is 11.6 Å². The molecule has 0 saturated carbocycles. The lowest BCUT2D eigenvalue weighted by atomic mass is 10.2. The second-order valence-corrected chi connectivity index (χ2v) is 5.63. The summed E-state index contributed by atoms with van der Waals surface area (Å²) in [6.45, 7) is 0.645. The van der Waals surface area contributed by atoms with Gasteiger partial charge in [-0.05, 0) is 36.2 Å². The lowest BCUT2D eigenvalue weighted by molar-refractivity contribution is 0.0792. The summed E-state index contributed by atoms with van der Waals surface area (Å²) in [5.74, 6) is -0.0404. The number of carbonyl (C=O) groups is 1. The first kappa shape index (κ1) is 14.6. The average Bonchev–Trinajstić information content (AvgIpc) is 2.98. The summed E-state index contributed by atoms with van der Waals surface area (Å²) < 4.78 is 0. The fourth-order valence-corrected chi connectivity index (χ4v) is 2.62. The summed E-state index contributed by atoms with van der Waals surface area (Å²) in [4.78, 5) is 21.3. The number of rotatable bonds is 4. The molecule has 0 saturated heterocycles. The molecule has 1 amide bonds. The largest absolute Gasteiger partial charge is 0.349 e. The quantitative estimate of drug-likeness (QED) is 0.801. The SMILES string of the molecule is CN(CCc1ccncc1)C(=O)c1cc2cccc(Cl)c2[nH]1. The number of hydrogen-bond acceptors (Lipinski definition) is 2. The summed E-state index contributed by atoms with van der Waals surface area (Å²) >= 11 is 6.13. The normalized spacial score (nSPS) is 10.8. The molecule has 112 valence electrons. The summed E-state index contributed by atoms with van der Waals surface area (Å²) in [5, 5.41) is 1.56. The molecule has 0 aliphatic heterocycles. The average molecular weight is 314 g/mol. The van der Waals surface area contributed by atoms with Gasteiger partial charge in [-0.15, -0.1) is 0 Å². The molecule has 0 aliphatic rings. The number of likely N-dealkylation sites (N-methyl/N-ethyl adjacent to an activating group) is 1. The minimum Gasteiger partial charge on any atom is -0.349 e. The molecule has 1 N–H and O–H groups in total. The molecular formula is C17H16ClN3O. The molecule has 0 bridgehead atoms. The van der Waals surface area contributed by atoms with Crippen LogP contribution in [0.15, 0.2) is 48.8 Å². The van der Waals surface area contributed by atoms with Crippen molar-refractivity contribution in [2.75, 3.05) is 13.6 Å². The van der Waals surface area contributed by atoms with Crippen molar-refractivity contribution in [3.63, 3.8) is 0 Å². The lowest BCUT2D eigenvalue weighted by Gasteiger charge is -2.16. The monoisotopic (exact) mass is 313 g/mol. The van der Waals surface area contributed by atoms with Gasteiger partial charge in [-0.1, -0.05) is 23.7 Å². The van der Waals surface area contributed by atoms with E-state index in [1.165, 1.54) is 0 Å². The van der Waals surface area contributed by atoms with Gasteiger partial charge in [0.15, 0.2) is 0 Å². The highest BCUT2D eigenvalue weighted by Gasteiger charge is 2.15. The van der Waals surface area contributed by atoms with Crippen LogP contribution in [0.25, 0.3) is 10.9 Å². The van der Waals surface area contributed by atoms with E-state index in [1.54, 1.807) is 24.3 Å². The van der Waals surface area contributed by atoms with E-state index >= 15 is 0 Å². The summed E-state index contributed by atoms with van der Waals surface area (Å²) in [6, 6.07) is 11.4. The van der Waals surface area contributed by atoms with Crippen LogP contribution >= 0.6 is 11.6 Å². The molecule has 3 rings (SSSR count). The highest BCUT2D eigenvalue weighted by atomic mass is 35.5. The maximum Gasteiger partial charge on any atom is 0.270 e. The lowest BCUT2D eigenvalue weighted by Crippen LogP contribution is -2.29. The van der Waals surface area contributed by atoms with Gasteiger partial charge in [0.25, 0.3) is 5.91 Å². The zero-order valence-electron chi connectivity index (χ0n) is 12.2. The van der Waals surface area contributed by atoms with Crippen LogP contribution in [-0.2, 0) is 6.42 Å². The molecule has 0 radical (unpaired) electrons. The molecule has 0 fully saturated rings. The highest BCUT2D eigenvalue weighted by Crippen LogP contribution is 2.23. The van der Waals surface area contributed by atoms with Gasteiger partial charge in [0, 0.05) is 31.4 Å². The Morgan fingerprint density at radius 3 is 2.77 bits per heavy atom. The third-order valence-electron chi connectivity index (χ3n) is 3.67. The number of para-hydroxylation sites is 1. The topological polar surface area (TPSA) is 49.0 Å². The van der Waals surface area contributed by atoms with Gasteiger partial charge < -0.3 is 9.88 Å². The Bertz CT molecular complexity index is 798. The van der Waals surface area contributed by atoms with Gasteiger partial charge in [-0.2, -0.15) is 0 Å². The molecule has 0 unspecified atom stereocenters. The predicted molar refractivity (Wildman–Crippen MR) is 88.2 cm³/mol. The first-order valence-corrected chi connectivity index (χ1v) is 7.44. The predicted octanol–water partition coefficient (Wildman–Crippen LogP) is 3.53. The van der Waals surface area contributed by atoms with Crippen LogP contribution in [0.4, 0.5) is 0 Å². The van der Waals surface area contributed by atoms with Crippen LogP contribution in [0.2, 0.25) is 5.02 Å². The van der Waals surface area contributed by atoms with Gasteiger partial charge in [0.2, 0.25) is 0 Å². The molecule has 2 heterocycles. The number of aromatic amines is 1. The van der Waals surface area contributed by atoms with Crippen LogP contribution in [0, 0.1) is 0 Å². The maximum absolute atomic E-state index is 12.5. The van der Waals surface area contributed by atoms with Gasteiger partial charge in [-0.3, -0.25) is 9.78 Å². The first-order chi connectivity index (χ1) is 10.6. The summed E-state index contributed by atoms with van der Waals surface area (Å²) in [7, 11) is 1.80. The zero-order valence-corrected chi connectivity index (χ0v) is 13.0.